The van der Waals surface area contributed by atoms with Gasteiger partial charge in [0.15, 0.2) is 0 Å². The van der Waals surface area contributed by atoms with E-state index in [4.69, 9.17) is 9.47 Å². The highest BCUT2D eigenvalue weighted by Gasteiger charge is 2.33. The minimum Gasteiger partial charge on any atom is -0.494 e. The topological polar surface area (TPSA) is 50.8 Å². The first-order valence-corrected chi connectivity index (χ1v) is 11.5. The van der Waals surface area contributed by atoms with E-state index < -0.39 is 5.60 Å². The number of anilines is 1. The van der Waals surface area contributed by atoms with Crippen LogP contribution in [0.5, 0.6) is 5.75 Å². The Bertz CT molecular complexity index is 582. The molecular formula is C24H40N2O3. The Labute approximate surface area is 177 Å². The molecule has 0 spiro atoms. The molecule has 164 valence electrons. The van der Waals surface area contributed by atoms with Crippen molar-refractivity contribution in [3.8, 4) is 5.75 Å². The molecule has 1 aromatic rings. The second-order valence-electron chi connectivity index (χ2n) is 8.20. The number of carbonyl (C=O) groups is 1. The Balaban J connectivity index is 1.76. The van der Waals surface area contributed by atoms with E-state index in [2.05, 4.69) is 17.1 Å². The van der Waals surface area contributed by atoms with Gasteiger partial charge in [-0.25, -0.2) is 0 Å². The molecule has 1 aliphatic rings. The second kappa shape index (κ2) is 12.9. The van der Waals surface area contributed by atoms with E-state index in [1.165, 1.54) is 38.8 Å². The maximum atomic E-state index is 12.7. The maximum Gasteiger partial charge on any atom is 0.256 e. The summed E-state index contributed by atoms with van der Waals surface area (Å²) in [5.41, 5.74) is -0.0119. The number of ether oxygens (including phenoxy) is 2. The third-order valence-corrected chi connectivity index (χ3v) is 5.65. The van der Waals surface area contributed by atoms with E-state index in [0.29, 0.717) is 6.61 Å². The summed E-state index contributed by atoms with van der Waals surface area (Å²) in [5, 5.41) is 2.99. The molecule has 5 heteroatoms. The van der Waals surface area contributed by atoms with Crippen molar-refractivity contribution >= 4 is 11.6 Å². The summed E-state index contributed by atoms with van der Waals surface area (Å²) >= 11 is 0. The zero-order chi connectivity index (χ0) is 21.0. The summed E-state index contributed by atoms with van der Waals surface area (Å²) in [5.74, 6) is 0.760. The van der Waals surface area contributed by atoms with Crippen LogP contribution in [0.2, 0.25) is 0 Å². The van der Waals surface area contributed by atoms with Crippen LogP contribution >= 0.6 is 0 Å². The highest BCUT2D eigenvalue weighted by atomic mass is 16.5. The highest BCUT2D eigenvalue weighted by Crippen LogP contribution is 2.23. The monoisotopic (exact) mass is 404 g/mol. The van der Waals surface area contributed by atoms with Gasteiger partial charge in [-0.05, 0) is 76.9 Å². The highest BCUT2D eigenvalue weighted by molar-refractivity contribution is 5.97. The molecule has 1 atom stereocenters. The minimum atomic E-state index is -0.784. The summed E-state index contributed by atoms with van der Waals surface area (Å²) in [6, 6.07) is 7.64. The zero-order valence-corrected chi connectivity index (χ0v) is 18.7. The molecule has 0 bridgehead atoms. The van der Waals surface area contributed by atoms with Gasteiger partial charge in [-0.1, -0.05) is 32.6 Å². The van der Waals surface area contributed by atoms with E-state index in [0.717, 1.165) is 50.3 Å². The molecule has 0 unspecified atom stereocenters. The average Bonchev–Trinajstić information content (AvgIpc) is 3.00. The molecule has 1 aromatic carbocycles. The molecule has 1 amide bonds. The molecule has 2 rings (SSSR count). The van der Waals surface area contributed by atoms with Crippen LogP contribution in [0.4, 0.5) is 5.69 Å². The van der Waals surface area contributed by atoms with Crippen LogP contribution in [-0.4, -0.2) is 49.3 Å². The van der Waals surface area contributed by atoms with Crippen molar-refractivity contribution in [3.63, 3.8) is 0 Å². The lowest BCUT2D eigenvalue weighted by atomic mass is 9.97. The Hall–Kier alpha value is -1.59. The molecule has 29 heavy (non-hydrogen) atoms. The average molecular weight is 405 g/mol. The van der Waals surface area contributed by atoms with Crippen LogP contribution in [0.15, 0.2) is 24.3 Å². The van der Waals surface area contributed by atoms with Crippen molar-refractivity contribution in [1.82, 2.24) is 4.90 Å². The largest absolute Gasteiger partial charge is 0.494 e. The van der Waals surface area contributed by atoms with Crippen molar-refractivity contribution in [2.75, 3.05) is 38.2 Å². The van der Waals surface area contributed by atoms with Crippen molar-refractivity contribution in [1.29, 1.82) is 0 Å². The fourth-order valence-corrected chi connectivity index (χ4v) is 3.82. The Morgan fingerprint density at radius 2 is 1.76 bits per heavy atom. The van der Waals surface area contributed by atoms with Crippen LogP contribution in [0, 0.1) is 0 Å². The van der Waals surface area contributed by atoms with Crippen LogP contribution in [-0.2, 0) is 9.53 Å². The predicted molar refractivity (Wildman–Crippen MR) is 120 cm³/mol. The van der Waals surface area contributed by atoms with E-state index in [1.54, 1.807) is 0 Å². The van der Waals surface area contributed by atoms with Gasteiger partial charge in [0.25, 0.3) is 5.91 Å². The zero-order valence-electron chi connectivity index (χ0n) is 18.7. The van der Waals surface area contributed by atoms with Gasteiger partial charge < -0.3 is 19.7 Å². The number of benzene rings is 1. The summed E-state index contributed by atoms with van der Waals surface area (Å²) in [7, 11) is 0. The molecule has 0 saturated carbocycles. The number of nitrogens with one attached hydrogen (secondary N) is 1. The third-order valence-electron chi connectivity index (χ3n) is 5.65. The normalized spacial score (nSPS) is 17.3. The minimum absolute atomic E-state index is 0.0843. The molecule has 0 aliphatic carbocycles. The smallest absolute Gasteiger partial charge is 0.256 e. The van der Waals surface area contributed by atoms with E-state index in [-0.39, 0.29) is 5.91 Å². The number of rotatable bonds is 12. The first-order chi connectivity index (χ1) is 14.1. The van der Waals surface area contributed by atoms with Crippen molar-refractivity contribution in [3.05, 3.63) is 24.3 Å². The lowest BCUT2D eigenvalue weighted by Gasteiger charge is -2.28. The van der Waals surface area contributed by atoms with Gasteiger partial charge >= 0.3 is 0 Å². The van der Waals surface area contributed by atoms with Gasteiger partial charge in [0.05, 0.1) is 6.61 Å². The molecule has 0 aromatic heterocycles. The summed E-state index contributed by atoms with van der Waals surface area (Å²) < 4.78 is 11.7. The number of nitrogens with zero attached hydrogens (tertiary/aromatic N) is 1. The number of unbranched alkanes of at least 4 members (excludes halogenated alkanes) is 1. The molecule has 1 fully saturated rings. The fourth-order valence-electron chi connectivity index (χ4n) is 3.82. The predicted octanol–water partition coefficient (Wildman–Crippen LogP) is 5.26. The molecule has 1 N–H and O–H groups in total. The number of hydrogen-bond donors (Lipinski definition) is 1. The molecule has 1 heterocycles. The Kier molecular flexibility index (Phi) is 10.5. The molecule has 5 nitrogen and oxygen atoms in total. The SMILES string of the molecule is CCCC[C@@](C)(OCC)C(=O)Nc1ccc(OCCCN2CCCCCC2)cc1. The van der Waals surface area contributed by atoms with Gasteiger partial charge in [-0.3, -0.25) is 4.79 Å². The van der Waals surface area contributed by atoms with Gasteiger partial charge in [0, 0.05) is 18.8 Å². The van der Waals surface area contributed by atoms with Crippen LogP contribution in [0.25, 0.3) is 0 Å². The van der Waals surface area contributed by atoms with Crippen molar-refractivity contribution in [2.45, 2.75) is 77.7 Å². The van der Waals surface area contributed by atoms with Crippen LogP contribution in [0.1, 0.15) is 72.1 Å². The van der Waals surface area contributed by atoms with Gasteiger partial charge in [0.1, 0.15) is 11.4 Å². The van der Waals surface area contributed by atoms with Crippen molar-refractivity contribution in [2.24, 2.45) is 0 Å². The lowest BCUT2D eigenvalue weighted by molar-refractivity contribution is -0.139. The third kappa shape index (κ3) is 8.35. The lowest BCUT2D eigenvalue weighted by Crippen LogP contribution is -2.42. The van der Waals surface area contributed by atoms with Gasteiger partial charge in [-0.15, -0.1) is 0 Å². The second-order valence-corrected chi connectivity index (χ2v) is 8.20. The summed E-state index contributed by atoms with van der Waals surface area (Å²) in [6.45, 7) is 10.7. The summed E-state index contributed by atoms with van der Waals surface area (Å²) in [6.07, 6.45) is 9.18. The number of carbonyl (C=O) groups excluding carboxylic acids is 1. The Morgan fingerprint density at radius 1 is 1.07 bits per heavy atom. The van der Waals surface area contributed by atoms with Gasteiger partial charge in [0.2, 0.25) is 0 Å². The molecule has 1 aliphatic heterocycles. The molecule has 1 saturated heterocycles. The van der Waals surface area contributed by atoms with E-state index in [9.17, 15) is 4.79 Å². The van der Waals surface area contributed by atoms with Crippen LogP contribution < -0.4 is 10.1 Å². The molecule has 0 radical (unpaired) electrons. The van der Waals surface area contributed by atoms with E-state index in [1.807, 2.05) is 38.1 Å². The van der Waals surface area contributed by atoms with Crippen LogP contribution in [0.3, 0.4) is 0 Å². The summed E-state index contributed by atoms with van der Waals surface area (Å²) in [4.78, 5) is 15.3. The maximum absolute atomic E-state index is 12.7. The Morgan fingerprint density at radius 3 is 2.38 bits per heavy atom. The first kappa shape index (κ1) is 23.7. The number of likely N-dealkylation sites (tertiary alicyclic amines) is 1. The first-order valence-electron chi connectivity index (χ1n) is 11.5. The standard InChI is InChI=1S/C24H40N2O3/c1-4-6-16-24(3,29-5-2)23(27)25-21-12-14-22(15-13-21)28-20-11-19-26-17-9-7-8-10-18-26/h12-15H,4-11,16-20H2,1-3H3,(H,25,27)/t24-/m1/s1. The fraction of sp³-hybridized carbons (Fsp3) is 0.708. The van der Waals surface area contributed by atoms with E-state index >= 15 is 0 Å². The number of amides is 1. The quantitative estimate of drug-likeness (QED) is 0.483. The van der Waals surface area contributed by atoms with Gasteiger partial charge in [-0.2, -0.15) is 0 Å². The molecular weight excluding hydrogens is 364 g/mol. The van der Waals surface area contributed by atoms with Crippen molar-refractivity contribution < 1.29 is 14.3 Å². The number of hydrogen-bond acceptors (Lipinski definition) is 4.